The van der Waals surface area contributed by atoms with Crippen LogP contribution in [0.25, 0.3) is 11.4 Å². The van der Waals surface area contributed by atoms with Gasteiger partial charge in [-0.2, -0.15) is 4.98 Å². The predicted octanol–water partition coefficient (Wildman–Crippen LogP) is 3.76. The monoisotopic (exact) mass is 399 g/mol. The fraction of sp³-hybridized carbons (Fsp3) is 0.222. The molecule has 0 aliphatic carbocycles. The first kappa shape index (κ1) is 17.9. The quantitative estimate of drug-likeness (QED) is 0.627. The van der Waals surface area contributed by atoms with Crippen molar-refractivity contribution in [2.45, 2.75) is 11.0 Å². The molecule has 1 amide bonds. The van der Waals surface area contributed by atoms with Gasteiger partial charge in [0.05, 0.1) is 4.58 Å². The van der Waals surface area contributed by atoms with Gasteiger partial charge in [0.1, 0.15) is 0 Å². The number of benzene rings is 1. The Bertz CT molecular complexity index is 896. The highest BCUT2D eigenvalue weighted by Gasteiger charge is 2.17. The van der Waals surface area contributed by atoms with Crippen LogP contribution in [0.2, 0.25) is 0 Å². The lowest BCUT2D eigenvalue weighted by Crippen LogP contribution is -2.29. The van der Waals surface area contributed by atoms with E-state index in [4.69, 9.17) is 4.52 Å². The molecular formula is C18H17N5O2S2. The molecule has 3 heterocycles. The van der Waals surface area contributed by atoms with Crippen molar-refractivity contribution in [2.75, 3.05) is 16.9 Å². The second-order valence-electron chi connectivity index (χ2n) is 5.79. The second kappa shape index (κ2) is 8.45. The highest BCUT2D eigenvalue weighted by molar-refractivity contribution is 8.16. The smallest absolute Gasteiger partial charge is 0.313 e. The van der Waals surface area contributed by atoms with Crippen LogP contribution in [-0.4, -0.2) is 32.5 Å². The number of thioether (sulfide) groups is 2. The van der Waals surface area contributed by atoms with Crippen LogP contribution >= 0.6 is 23.5 Å². The number of hydrazine groups is 1. The summed E-state index contributed by atoms with van der Waals surface area (Å²) in [5.74, 6) is 2.50. The lowest BCUT2D eigenvalue weighted by molar-refractivity contribution is 0.0961. The molecule has 0 saturated carbocycles. The lowest BCUT2D eigenvalue weighted by Gasteiger charge is -2.21. The average Bonchev–Trinajstić information content (AvgIpc) is 3.22. The van der Waals surface area contributed by atoms with Crippen LogP contribution in [0.3, 0.4) is 0 Å². The van der Waals surface area contributed by atoms with Crippen LogP contribution in [0.5, 0.6) is 0 Å². The van der Waals surface area contributed by atoms with E-state index in [0.29, 0.717) is 16.0 Å². The number of nitrogens with zero attached hydrogens (tertiary/aromatic N) is 3. The summed E-state index contributed by atoms with van der Waals surface area (Å²) < 4.78 is 5.54. The summed E-state index contributed by atoms with van der Waals surface area (Å²) in [6.07, 6.45) is 4.56. The van der Waals surface area contributed by atoms with Gasteiger partial charge in [-0.1, -0.05) is 17.3 Å². The highest BCUT2D eigenvalue weighted by atomic mass is 32.2. The summed E-state index contributed by atoms with van der Waals surface area (Å²) in [6.45, 7) is 0. The number of hydrogen-bond donors (Lipinski definition) is 2. The molecule has 138 valence electrons. The van der Waals surface area contributed by atoms with Gasteiger partial charge in [-0.15, -0.1) is 23.5 Å². The number of pyridine rings is 1. The molecule has 2 aromatic heterocycles. The number of anilines is 1. The zero-order chi connectivity index (χ0) is 18.5. The van der Waals surface area contributed by atoms with Crippen molar-refractivity contribution in [3.8, 4) is 11.4 Å². The number of aromatic nitrogens is 3. The SMILES string of the molecule is O=C(NNc1nc(-c2cccnc2)no1)c1ccc(C2SCCCS2)cc1. The zero-order valence-electron chi connectivity index (χ0n) is 14.3. The first-order valence-corrected chi connectivity index (χ1v) is 10.5. The van der Waals surface area contributed by atoms with E-state index in [9.17, 15) is 4.79 Å². The van der Waals surface area contributed by atoms with Crippen LogP contribution in [0.4, 0.5) is 6.01 Å². The first-order valence-electron chi connectivity index (χ1n) is 8.43. The van der Waals surface area contributed by atoms with Gasteiger partial charge in [0.15, 0.2) is 0 Å². The molecule has 0 bridgehead atoms. The van der Waals surface area contributed by atoms with Crippen LogP contribution < -0.4 is 10.9 Å². The van der Waals surface area contributed by atoms with Crippen molar-refractivity contribution in [1.29, 1.82) is 0 Å². The zero-order valence-corrected chi connectivity index (χ0v) is 15.9. The number of carbonyl (C=O) groups excluding carboxylic acids is 1. The molecule has 0 spiro atoms. The standard InChI is InChI=1S/C18H17N5O2S2/c24-16(12-4-6-13(7-5-12)17-26-9-2-10-27-17)21-22-18-20-15(23-25-18)14-3-1-8-19-11-14/h1,3-8,11,17H,2,9-10H2,(H,21,24)(H,20,22,23). The Morgan fingerprint density at radius 3 is 2.70 bits per heavy atom. The maximum absolute atomic E-state index is 12.3. The maximum Gasteiger partial charge on any atom is 0.340 e. The van der Waals surface area contributed by atoms with Crippen molar-refractivity contribution in [2.24, 2.45) is 0 Å². The third kappa shape index (κ3) is 4.42. The molecule has 27 heavy (non-hydrogen) atoms. The number of nitrogens with one attached hydrogen (secondary N) is 2. The van der Waals surface area contributed by atoms with E-state index in [0.717, 1.165) is 5.56 Å². The van der Waals surface area contributed by atoms with Crippen molar-refractivity contribution < 1.29 is 9.32 Å². The van der Waals surface area contributed by atoms with Crippen molar-refractivity contribution in [3.63, 3.8) is 0 Å². The van der Waals surface area contributed by atoms with E-state index in [-0.39, 0.29) is 11.9 Å². The van der Waals surface area contributed by atoms with Gasteiger partial charge in [-0.25, -0.2) is 5.43 Å². The van der Waals surface area contributed by atoms with E-state index in [1.807, 2.05) is 53.9 Å². The van der Waals surface area contributed by atoms with E-state index >= 15 is 0 Å². The van der Waals surface area contributed by atoms with Crippen LogP contribution in [-0.2, 0) is 0 Å². The molecule has 1 aromatic carbocycles. The molecule has 1 aliphatic heterocycles. The Labute approximate surface area is 164 Å². The highest BCUT2D eigenvalue weighted by Crippen LogP contribution is 2.43. The average molecular weight is 400 g/mol. The number of hydrogen-bond acceptors (Lipinski definition) is 8. The van der Waals surface area contributed by atoms with Crippen LogP contribution in [0.1, 0.15) is 26.9 Å². The third-order valence-electron chi connectivity index (χ3n) is 3.90. The summed E-state index contributed by atoms with van der Waals surface area (Å²) in [7, 11) is 0. The molecule has 1 aliphatic rings. The minimum atomic E-state index is -0.272. The summed E-state index contributed by atoms with van der Waals surface area (Å²) >= 11 is 3.91. The molecule has 7 nitrogen and oxygen atoms in total. The molecule has 9 heteroatoms. The number of amides is 1. The molecular weight excluding hydrogens is 382 g/mol. The molecule has 2 N–H and O–H groups in total. The van der Waals surface area contributed by atoms with Crippen molar-refractivity contribution in [1.82, 2.24) is 20.6 Å². The third-order valence-corrected chi connectivity index (χ3v) is 6.92. The van der Waals surface area contributed by atoms with E-state index in [2.05, 4.69) is 26.0 Å². The van der Waals surface area contributed by atoms with Gasteiger partial charge in [0, 0.05) is 23.5 Å². The Morgan fingerprint density at radius 2 is 1.96 bits per heavy atom. The van der Waals surface area contributed by atoms with Gasteiger partial charge in [-0.3, -0.25) is 15.2 Å². The van der Waals surface area contributed by atoms with Gasteiger partial charge >= 0.3 is 6.01 Å². The first-order chi connectivity index (χ1) is 13.3. The Morgan fingerprint density at radius 1 is 1.15 bits per heavy atom. The second-order valence-corrected chi connectivity index (χ2v) is 8.52. The van der Waals surface area contributed by atoms with Gasteiger partial charge < -0.3 is 4.52 Å². The minimum absolute atomic E-state index is 0.105. The maximum atomic E-state index is 12.3. The summed E-state index contributed by atoms with van der Waals surface area (Å²) in [5.41, 5.74) is 7.74. The molecule has 0 atom stereocenters. The largest absolute Gasteiger partial charge is 0.340 e. The lowest BCUT2D eigenvalue weighted by atomic mass is 10.1. The Balaban J connectivity index is 1.35. The van der Waals surface area contributed by atoms with Crippen molar-refractivity contribution in [3.05, 3.63) is 59.9 Å². The Hall–Kier alpha value is -2.52. The van der Waals surface area contributed by atoms with E-state index < -0.39 is 0 Å². The number of carbonyl (C=O) groups is 1. The van der Waals surface area contributed by atoms with E-state index in [1.165, 1.54) is 23.5 Å². The van der Waals surface area contributed by atoms with Crippen LogP contribution in [0, 0.1) is 0 Å². The minimum Gasteiger partial charge on any atom is -0.313 e. The molecule has 0 radical (unpaired) electrons. The topological polar surface area (TPSA) is 92.9 Å². The van der Waals surface area contributed by atoms with Gasteiger partial charge in [0.2, 0.25) is 5.82 Å². The van der Waals surface area contributed by atoms with Gasteiger partial charge in [0.25, 0.3) is 5.91 Å². The van der Waals surface area contributed by atoms with E-state index in [1.54, 1.807) is 18.5 Å². The normalized spacial score (nSPS) is 14.7. The molecule has 4 rings (SSSR count). The van der Waals surface area contributed by atoms with Gasteiger partial charge in [-0.05, 0) is 47.8 Å². The fourth-order valence-electron chi connectivity index (χ4n) is 2.54. The summed E-state index contributed by atoms with van der Waals surface area (Å²) in [4.78, 5) is 20.5. The molecule has 0 unspecified atom stereocenters. The fourth-order valence-corrected chi connectivity index (χ4v) is 5.44. The summed E-state index contributed by atoms with van der Waals surface area (Å²) in [6, 6.07) is 11.4. The summed E-state index contributed by atoms with van der Waals surface area (Å²) in [5, 5.41) is 3.86. The van der Waals surface area contributed by atoms with Crippen molar-refractivity contribution >= 4 is 35.4 Å². The Kier molecular flexibility index (Phi) is 5.59. The molecule has 3 aromatic rings. The van der Waals surface area contributed by atoms with Crippen LogP contribution in [0.15, 0.2) is 53.3 Å². The molecule has 1 fully saturated rings. The number of rotatable bonds is 5. The molecule has 1 saturated heterocycles. The predicted molar refractivity (Wildman–Crippen MR) is 107 cm³/mol.